The molecule has 4 heteroatoms. The van der Waals surface area contributed by atoms with Crippen molar-refractivity contribution in [3.05, 3.63) is 21.9 Å². The highest BCUT2D eigenvalue weighted by Crippen LogP contribution is 2.32. The molecule has 3 N–H and O–H groups in total. The van der Waals surface area contributed by atoms with Crippen LogP contribution in [0.5, 0.6) is 0 Å². The molecule has 88 valence electrons. The molecule has 0 aromatic carbocycles. The average molecular weight is 238 g/mol. The van der Waals surface area contributed by atoms with Crippen LogP contribution < -0.4 is 11.1 Å². The van der Waals surface area contributed by atoms with Crippen molar-refractivity contribution in [3.8, 4) is 0 Å². The molecule has 1 fully saturated rings. The van der Waals surface area contributed by atoms with Crippen molar-refractivity contribution in [1.82, 2.24) is 5.32 Å². The predicted molar refractivity (Wildman–Crippen MR) is 66.7 cm³/mol. The standard InChI is InChI=1S/C12H18N2OS/c1-2-9-5-6-11(16-9)12(15)14-10(7-13)8-3-4-8/h5-6,8,10H,2-4,7,13H2,1H3,(H,14,15). The summed E-state index contributed by atoms with van der Waals surface area (Å²) >= 11 is 1.57. The zero-order valence-electron chi connectivity index (χ0n) is 9.53. The van der Waals surface area contributed by atoms with Crippen molar-refractivity contribution in [3.63, 3.8) is 0 Å². The van der Waals surface area contributed by atoms with Crippen LogP contribution in [0.15, 0.2) is 12.1 Å². The summed E-state index contributed by atoms with van der Waals surface area (Å²) in [5.74, 6) is 0.645. The van der Waals surface area contributed by atoms with Crippen molar-refractivity contribution in [2.75, 3.05) is 6.54 Å². The third-order valence-electron chi connectivity index (χ3n) is 3.00. The Morgan fingerprint density at radius 1 is 1.62 bits per heavy atom. The van der Waals surface area contributed by atoms with Gasteiger partial charge < -0.3 is 11.1 Å². The third-order valence-corrected chi connectivity index (χ3v) is 4.22. The lowest BCUT2D eigenvalue weighted by Gasteiger charge is -2.14. The fourth-order valence-electron chi connectivity index (χ4n) is 1.80. The van der Waals surface area contributed by atoms with E-state index in [4.69, 9.17) is 5.73 Å². The molecule has 1 aliphatic carbocycles. The number of hydrogen-bond acceptors (Lipinski definition) is 3. The second-order valence-electron chi connectivity index (χ2n) is 4.27. The first-order valence-electron chi connectivity index (χ1n) is 5.84. The summed E-state index contributed by atoms with van der Waals surface area (Å²) in [6.07, 6.45) is 3.39. The van der Waals surface area contributed by atoms with E-state index in [9.17, 15) is 4.79 Å². The third kappa shape index (κ3) is 2.62. The van der Waals surface area contributed by atoms with E-state index < -0.39 is 0 Å². The molecular weight excluding hydrogens is 220 g/mol. The first kappa shape index (κ1) is 11.6. The van der Waals surface area contributed by atoms with Gasteiger partial charge in [0.25, 0.3) is 5.91 Å². The fourth-order valence-corrected chi connectivity index (χ4v) is 2.65. The monoisotopic (exact) mass is 238 g/mol. The van der Waals surface area contributed by atoms with Crippen molar-refractivity contribution in [2.45, 2.75) is 32.2 Å². The molecule has 0 radical (unpaired) electrons. The molecule has 2 rings (SSSR count). The van der Waals surface area contributed by atoms with E-state index in [1.165, 1.54) is 17.7 Å². The maximum absolute atomic E-state index is 11.9. The Balaban J connectivity index is 1.95. The Kier molecular flexibility index (Phi) is 3.61. The Hall–Kier alpha value is -0.870. The maximum atomic E-state index is 11.9. The number of nitrogens with two attached hydrogens (primary N) is 1. The topological polar surface area (TPSA) is 55.1 Å². The highest BCUT2D eigenvalue weighted by Gasteiger charge is 2.31. The van der Waals surface area contributed by atoms with Gasteiger partial charge in [-0.1, -0.05) is 6.92 Å². The van der Waals surface area contributed by atoms with Gasteiger partial charge in [0.1, 0.15) is 0 Å². The zero-order chi connectivity index (χ0) is 11.5. The van der Waals surface area contributed by atoms with Crippen molar-refractivity contribution < 1.29 is 4.79 Å². The maximum Gasteiger partial charge on any atom is 0.261 e. The molecule has 1 aromatic rings. The van der Waals surface area contributed by atoms with Crippen LogP contribution in [0.1, 0.15) is 34.3 Å². The molecule has 16 heavy (non-hydrogen) atoms. The number of thiophene rings is 1. The lowest BCUT2D eigenvalue weighted by molar-refractivity contribution is 0.0937. The average Bonchev–Trinajstić information content (AvgIpc) is 3.02. The van der Waals surface area contributed by atoms with Crippen LogP contribution in [0, 0.1) is 5.92 Å². The number of nitrogens with one attached hydrogen (secondary N) is 1. The number of hydrogen-bond donors (Lipinski definition) is 2. The minimum Gasteiger partial charge on any atom is -0.347 e. The number of carbonyl (C=O) groups is 1. The molecule has 0 saturated heterocycles. The van der Waals surface area contributed by atoms with E-state index in [1.54, 1.807) is 11.3 Å². The predicted octanol–water partition coefficient (Wildman–Crippen LogP) is 1.78. The van der Waals surface area contributed by atoms with Crippen LogP contribution in [0.25, 0.3) is 0 Å². The summed E-state index contributed by atoms with van der Waals surface area (Å²) in [5, 5.41) is 3.03. The molecule has 1 aliphatic rings. The SMILES string of the molecule is CCc1ccc(C(=O)NC(CN)C2CC2)s1. The van der Waals surface area contributed by atoms with E-state index in [0.717, 1.165) is 11.3 Å². The fraction of sp³-hybridized carbons (Fsp3) is 0.583. The van der Waals surface area contributed by atoms with Gasteiger partial charge in [-0.3, -0.25) is 4.79 Å². The highest BCUT2D eigenvalue weighted by atomic mass is 32.1. The van der Waals surface area contributed by atoms with Crippen LogP contribution in [0.4, 0.5) is 0 Å². The summed E-state index contributed by atoms with van der Waals surface area (Å²) in [6, 6.07) is 4.09. The van der Waals surface area contributed by atoms with E-state index in [-0.39, 0.29) is 11.9 Å². The van der Waals surface area contributed by atoms with Crippen LogP contribution in [0.2, 0.25) is 0 Å². The summed E-state index contributed by atoms with van der Waals surface area (Å²) in [6.45, 7) is 2.64. The van der Waals surface area contributed by atoms with Gasteiger partial charge in [0, 0.05) is 17.5 Å². The van der Waals surface area contributed by atoms with Crippen LogP contribution >= 0.6 is 11.3 Å². The van der Waals surface area contributed by atoms with E-state index in [2.05, 4.69) is 12.2 Å². The Morgan fingerprint density at radius 3 is 2.88 bits per heavy atom. The molecule has 1 heterocycles. The minimum absolute atomic E-state index is 0.0343. The van der Waals surface area contributed by atoms with Gasteiger partial charge in [0.2, 0.25) is 0 Å². The Morgan fingerprint density at radius 2 is 2.38 bits per heavy atom. The summed E-state index contributed by atoms with van der Waals surface area (Å²) < 4.78 is 0. The van der Waals surface area contributed by atoms with Crippen LogP contribution in [-0.2, 0) is 6.42 Å². The lowest BCUT2D eigenvalue weighted by atomic mass is 10.2. The van der Waals surface area contributed by atoms with E-state index >= 15 is 0 Å². The van der Waals surface area contributed by atoms with Crippen LogP contribution in [0.3, 0.4) is 0 Å². The van der Waals surface area contributed by atoms with Crippen molar-refractivity contribution in [2.24, 2.45) is 11.7 Å². The molecular formula is C12H18N2OS. The van der Waals surface area contributed by atoms with Crippen LogP contribution in [-0.4, -0.2) is 18.5 Å². The van der Waals surface area contributed by atoms with E-state index in [1.807, 2.05) is 12.1 Å². The largest absolute Gasteiger partial charge is 0.347 e. The van der Waals surface area contributed by atoms with Gasteiger partial charge in [-0.15, -0.1) is 11.3 Å². The molecule has 1 aromatic heterocycles. The number of carbonyl (C=O) groups excluding carboxylic acids is 1. The van der Waals surface area contributed by atoms with Gasteiger partial charge in [-0.25, -0.2) is 0 Å². The second-order valence-corrected chi connectivity index (χ2v) is 5.44. The van der Waals surface area contributed by atoms with Gasteiger partial charge in [-0.05, 0) is 37.3 Å². The molecule has 1 atom stereocenters. The quantitative estimate of drug-likeness (QED) is 0.821. The molecule has 1 unspecified atom stereocenters. The normalized spacial score (nSPS) is 17.1. The number of amides is 1. The number of rotatable bonds is 5. The Bertz CT molecular complexity index is 371. The lowest BCUT2D eigenvalue weighted by Crippen LogP contribution is -2.41. The summed E-state index contributed by atoms with van der Waals surface area (Å²) in [7, 11) is 0. The first-order chi connectivity index (χ1) is 7.74. The highest BCUT2D eigenvalue weighted by molar-refractivity contribution is 7.14. The molecule has 1 saturated carbocycles. The summed E-state index contributed by atoms with van der Waals surface area (Å²) in [4.78, 5) is 14.0. The van der Waals surface area contributed by atoms with E-state index in [0.29, 0.717) is 12.5 Å². The van der Waals surface area contributed by atoms with Gasteiger partial charge >= 0.3 is 0 Å². The van der Waals surface area contributed by atoms with Gasteiger partial charge in [-0.2, -0.15) is 0 Å². The zero-order valence-corrected chi connectivity index (χ0v) is 10.3. The number of aryl methyl sites for hydroxylation is 1. The van der Waals surface area contributed by atoms with Gasteiger partial charge in [0.05, 0.1) is 4.88 Å². The van der Waals surface area contributed by atoms with Crippen molar-refractivity contribution in [1.29, 1.82) is 0 Å². The van der Waals surface area contributed by atoms with Gasteiger partial charge in [0.15, 0.2) is 0 Å². The molecule has 0 spiro atoms. The second kappa shape index (κ2) is 4.97. The minimum atomic E-state index is 0.0343. The molecule has 3 nitrogen and oxygen atoms in total. The van der Waals surface area contributed by atoms with Crippen molar-refractivity contribution >= 4 is 17.2 Å². The molecule has 0 bridgehead atoms. The summed E-state index contributed by atoms with van der Waals surface area (Å²) in [5.41, 5.74) is 5.66. The molecule has 1 amide bonds. The Labute approximate surface area is 100 Å². The molecule has 0 aliphatic heterocycles. The first-order valence-corrected chi connectivity index (χ1v) is 6.66. The smallest absolute Gasteiger partial charge is 0.261 e.